The summed E-state index contributed by atoms with van der Waals surface area (Å²) in [5.41, 5.74) is 7.14. The lowest BCUT2D eigenvalue weighted by Gasteiger charge is -2.23. The maximum atomic E-state index is 12.4. The van der Waals surface area contributed by atoms with Gasteiger partial charge >= 0.3 is 10.2 Å². The molecule has 0 saturated carbocycles. The summed E-state index contributed by atoms with van der Waals surface area (Å²) in [5, 5.41) is 0. The van der Waals surface area contributed by atoms with Crippen molar-refractivity contribution >= 4 is 27.3 Å². The lowest BCUT2D eigenvalue weighted by atomic mass is 10.3. The molecule has 0 saturated heterocycles. The monoisotopic (exact) mass is 291 g/mol. The van der Waals surface area contributed by atoms with Gasteiger partial charge in [-0.3, -0.25) is 9.03 Å². The summed E-state index contributed by atoms with van der Waals surface area (Å²) in [7, 11) is -3.70. The van der Waals surface area contributed by atoms with E-state index in [0.29, 0.717) is 23.6 Å². The minimum Gasteiger partial charge on any atom is -0.397 e. The molecule has 0 radical (unpaired) electrons. The number of nitrogens with zero attached hydrogens (tertiary/aromatic N) is 1. The zero-order chi connectivity index (χ0) is 14.6. The number of para-hydroxylation sites is 3. The smallest absolute Gasteiger partial charge is 0.324 e. The minimum absolute atomic E-state index is 0.325. The fourth-order valence-electron chi connectivity index (χ4n) is 1.87. The predicted octanol–water partition coefficient (Wildman–Crippen LogP) is 2.45. The van der Waals surface area contributed by atoms with Crippen LogP contribution in [-0.4, -0.2) is 15.0 Å². The Hall–Kier alpha value is -2.21. The number of hydrogen-bond donors (Lipinski definition) is 2. The van der Waals surface area contributed by atoms with E-state index in [2.05, 4.69) is 4.72 Å². The third-order valence-electron chi connectivity index (χ3n) is 2.82. The molecule has 20 heavy (non-hydrogen) atoms. The molecule has 0 unspecified atom stereocenters. The van der Waals surface area contributed by atoms with E-state index < -0.39 is 10.2 Å². The SMILES string of the molecule is CCN(c1ccccc1)S(=O)(=O)Nc1ccccc1N. The highest BCUT2D eigenvalue weighted by molar-refractivity contribution is 7.94. The van der Waals surface area contributed by atoms with Crippen LogP contribution in [0.4, 0.5) is 17.1 Å². The van der Waals surface area contributed by atoms with Crippen molar-refractivity contribution in [2.75, 3.05) is 21.3 Å². The van der Waals surface area contributed by atoms with Crippen LogP contribution in [0.25, 0.3) is 0 Å². The van der Waals surface area contributed by atoms with Gasteiger partial charge in [0.2, 0.25) is 0 Å². The second-order valence-corrected chi connectivity index (χ2v) is 5.79. The standard InChI is InChI=1S/C14H17N3O2S/c1-2-17(12-8-4-3-5-9-12)20(18,19)16-14-11-7-6-10-13(14)15/h3-11,16H,2,15H2,1H3. The van der Waals surface area contributed by atoms with Crippen LogP contribution in [0.5, 0.6) is 0 Å². The fourth-order valence-corrected chi connectivity index (χ4v) is 3.18. The summed E-state index contributed by atoms with van der Waals surface area (Å²) in [5.74, 6) is 0. The predicted molar refractivity (Wildman–Crippen MR) is 82.9 cm³/mol. The van der Waals surface area contributed by atoms with Crippen LogP contribution in [0.15, 0.2) is 54.6 Å². The first kappa shape index (κ1) is 14.2. The topological polar surface area (TPSA) is 75.4 Å². The van der Waals surface area contributed by atoms with Crippen molar-refractivity contribution in [3.63, 3.8) is 0 Å². The average Bonchev–Trinajstić information content (AvgIpc) is 2.43. The maximum Gasteiger partial charge on any atom is 0.324 e. The van der Waals surface area contributed by atoms with E-state index in [0.717, 1.165) is 0 Å². The first-order chi connectivity index (χ1) is 9.54. The summed E-state index contributed by atoms with van der Waals surface area (Å²) in [6.07, 6.45) is 0. The van der Waals surface area contributed by atoms with E-state index in [1.807, 2.05) is 6.07 Å². The van der Waals surface area contributed by atoms with Gasteiger partial charge in [0, 0.05) is 6.54 Å². The molecule has 0 bridgehead atoms. The number of benzene rings is 2. The van der Waals surface area contributed by atoms with Crippen molar-refractivity contribution in [2.45, 2.75) is 6.92 Å². The molecule has 0 spiro atoms. The van der Waals surface area contributed by atoms with E-state index in [4.69, 9.17) is 5.73 Å². The first-order valence-electron chi connectivity index (χ1n) is 6.24. The van der Waals surface area contributed by atoms with E-state index in [1.54, 1.807) is 55.5 Å². The Balaban J connectivity index is 2.32. The van der Waals surface area contributed by atoms with Crippen LogP contribution in [0, 0.1) is 0 Å². The maximum absolute atomic E-state index is 12.4. The number of nitrogen functional groups attached to an aromatic ring is 1. The van der Waals surface area contributed by atoms with Crippen molar-refractivity contribution in [3.05, 3.63) is 54.6 Å². The highest BCUT2D eigenvalue weighted by Gasteiger charge is 2.21. The molecule has 5 nitrogen and oxygen atoms in total. The van der Waals surface area contributed by atoms with Crippen molar-refractivity contribution < 1.29 is 8.42 Å². The lowest BCUT2D eigenvalue weighted by molar-refractivity contribution is 0.597. The lowest BCUT2D eigenvalue weighted by Crippen LogP contribution is -2.35. The third-order valence-corrected chi connectivity index (χ3v) is 4.35. The number of anilines is 3. The van der Waals surface area contributed by atoms with Crippen LogP contribution < -0.4 is 14.8 Å². The molecule has 106 valence electrons. The van der Waals surface area contributed by atoms with Gasteiger partial charge in [-0.05, 0) is 31.2 Å². The van der Waals surface area contributed by atoms with Gasteiger partial charge in [0.15, 0.2) is 0 Å². The minimum atomic E-state index is -3.70. The molecular weight excluding hydrogens is 274 g/mol. The molecular formula is C14H17N3O2S. The largest absolute Gasteiger partial charge is 0.397 e. The molecule has 0 aromatic heterocycles. The normalized spacial score (nSPS) is 11.1. The van der Waals surface area contributed by atoms with Gasteiger partial charge in [0.1, 0.15) is 0 Å². The molecule has 2 aromatic rings. The van der Waals surface area contributed by atoms with E-state index in [-0.39, 0.29) is 0 Å². The van der Waals surface area contributed by atoms with Crippen LogP contribution in [-0.2, 0) is 10.2 Å². The Morgan fingerprint density at radius 3 is 2.25 bits per heavy atom. The molecule has 3 N–H and O–H groups in total. The van der Waals surface area contributed by atoms with E-state index in [1.165, 1.54) is 4.31 Å². The third kappa shape index (κ3) is 3.03. The molecule has 0 atom stereocenters. The van der Waals surface area contributed by atoms with E-state index in [9.17, 15) is 8.42 Å². The van der Waals surface area contributed by atoms with Crippen LogP contribution in [0.3, 0.4) is 0 Å². The zero-order valence-corrected chi connectivity index (χ0v) is 12.0. The molecule has 0 heterocycles. The van der Waals surface area contributed by atoms with E-state index >= 15 is 0 Å². The van der Waals surface area contributed by atoms with Gasteiger partial charge in [0.05, 0.1) is 17.1 Å². The van der Waals surface area contributed by atoms with Crippen LogP contribution in [0.2, 0.25) is 0 Å². The Morgan fingerprint density at radius 1 is 1.05 bits per heavy atom. The van der Waals surface area contributed by atoms with Crippen molar-refractivity contribution in [2.24, 2.45) is 0 Å². The highest BCUT2D eigenvalue weighted by Crippen LogP contribution is 2.22. The van der Waals surface area contributed by atoms with Gasteiger partial charge in [-0.2, -0.15) is 8.42 Å². The van der Waals surface area contributed by atoms with Gasteiger partial charge in [-0.15, -0.1) is 0 Å². The molecule has 0 aliphatic carbocycles. The summed E-state index contributed by atoms with van der Waals surface area (Å²) < 4.78 is 28.7. The second-order valence-electron chi connectivity index (χ2n) is 4.19. The quantitative estimate of drug-likeness (QED) is 0.831. The summed E-state index contributed by atoms with van der Waals surface area (Å²) in [6.45, 7) is 2.10. The first-order valence-corrected chi connectivity index (χ1v) is 7.68. The number of nitrogens with one attached hydrogen (secondary N) is 1. The number of rotatable bonds is 5. The molecule has 0 aliphatic heterocycles. The summed E-state index contributed by atoms with van der Waals surface area (Å²) in [6, 6.07) is 15.7. The van der Waals surface area contributed by atoms with Gasteiger partial charge < -0.3 is 5.73 Å². The Kier molecular flexibility index (Phi) is 4.14. The molecule has 0 amide bonds. The van der Waals surface area contributed by atoms with Crippen molar-refractivity contribution in [3.8, 4) is 0 Å². The Labute approximate surface area is 119 Å². The van der Waals surface area contributed by atoms with Crippen molar-refractivity contribution in [1.82, 2.24) is 0 Å². The van der Waals surface area contributed by atoms with Gasteiger partial charge in [0.25, 0.3) is 0 Å². The molecule has 0 aliphatic rings. The molecule has 2 rings (SSSR count). The molecule has 2 aromatic carbocycles. The average molecular weight is 291 g/mol. The Morgan fingerprint density at radius 2 is 1.65 bits per heavy atom. The van der Waals surface area contributed by atoms with Gasteiger partial charge in [-0.25, -0.2) is 0 Å². The molecule has 6 heteroatoms. The zero-order valence-electron chi connectivity index (χ0n) is 11.2. The molecule has 0 fully saturated rings. The Bertz CT molecular complexity index is 672. The highest BCUT2D eigenvalue weighted by atomic mass is 32.2. The van der Waals surface area contributed by atoms with Crippen LogP contribution in [0.1, 0.15) is 6.92 Å². The van der Waals surface area contributed by atoms with Gasteiger partial charge in [-0.1, -0.05) is 30.3 Å². The second kappa shape index (κ2) is 5.83. The van der Waals surface area contributed by atoms with Crippen LogP contribution >= 0.6 is 0 Å². The number of nitrogens with two attached hydrogens (primary N) is 1. The summed E-state index contributed by atoms with van der Waals surface area (Å²) >= 11 is 0. The number of hydrogen-bond acceptors (Lipinski definition) is 3. The van der Waals surface area contributed by atoms with Crippen molar-refractivity contribution in [1.29, 1.82) is 0 Å². The summed E-state index contributed by atoms with van der Waals surface area (Å²) in [4.78, 5) is 0. The fraction of sp³-hybridized carbons (Fsp3) is 0.143.